The van der Waals surface area contributed by atoms with Gasteiger partial charge in [0.2, 0.25) is 0 Å². The van der Waals surface area contributed by atoms with Crippen LogP contribution in [-0.2, 0) is 4.74 Å². The van der Waals surface area contributed by atoms with E-state index in [1.54, 1.807) is 6.07 Å². The van der Waals surface area contributed by atoms with E-state index < -0.39 is 11.8 Å². The molecule has 2 rings (SSSR count). The summed E-state index contributed by atoms with van der Waals surface area (Å²) >= 11 is 5.67. The van der Waals surface area contributed by atoms with Gasteiger partial charge in [0.15, 0.2) is 0 Å². The highest BCUT2D eigenvalue weighted by molar-refractivity contribution is 6.30. The highest BCUT2D eigenvalue weighted by Crippen LogP contribution is 2.30. The maximum atomic E-state index is 13.1. The van der Waals surface area contributed by atoms with Crippen LogP contribution in [0.25, 0.3) is 0 Å². The first kappa shape index (κ1) is 14.1. The number of carbonyl (C=O) groups excluding carboxylic acids is 1. The predicted molar refractivity (Wildman–Crippen MR) is 73.7 cm³/mol. The summed E-state index contributed by atoms with van der Waals surface area (Å²) in [5.74, 6) is -0.593. The molecule has 0 aliphatic heterocycles. The van der Waals surface area contributed by atoms with Gasteiger partial charge in [0.05, 0.1) is 12.1 Å². The van der Waals surface area contributed by atoms with Crippen molar-refractivity contribution in [3.63, 3.8) is 0 Å². The van der Waals surface area contributed by atoms with E-state index in [0.29, 0.717) is 11.4 Å². The monoisotopic (exact) mass is 295 g/mol. The average Bonchev–Trinajstić information content (AvgIpc) is 2.44. The minimum atomic E-state index is -0.583. The van der Waals surface area contributed by atoms with Crippen molar-refractivity contribution < 1.29 is 18.7 Å². The number of hydrogen-bond acceptors (Lipinski definition) is 4. The smallest absolute Gasteiger partial charge is 0.341 e. The van der Waals surface area contributed by atoms with Gasteiger partial charge in [-0.15, -0.1) is 0 Å². The third-order valence-corrected chi connectivity index (χ3v) is 2.82. The van der Waals surface area contributed by atoms with Gasteiger partial charge in [-0.25, -0.2) is 9.18 Å². The zero-order valence-corrected chi connectivity index (χ0v) is 11.3. The highest BCUT2D eigenvalue weighted by Gasteiger charge is 2.14. The molecular weight excluding hydrogens is 285 g/mol. The minimum Gasteiger partial charge on any atom is -0.465 e. The normalized spacial score (nSPS) is 10.2. The number of benzene rings is 2. The van der Waals surface area contributed by atoms with E-state index >= 15 is 0 Å². The average molecular weight is 296 g/mol. The van der Waals surface area contributed by atoms with Gasteiger partial charge in [0.25, 0.3) is 0 Å². The summed E-state index contributed by atoms with van der Waals surface area (Å²) in [7, 11) is 1.25. The second-order valence-electron chi connectivity index (χ2n) is 3.93. The predicted octanol–water partition coefficient (Wildman–Crippen LogP) is 3.64. The number of hydrogen-bond donors (Lipinski definition) is 1. The lowest BCUT2D eigenvalue weighted by molar-refractivity contribution is 0.0598. The van der Waals surface area contributed by atoms with E-state index in [2.05, 4.69) is 4.74 Å². The number of methoxy groups -OCH3 is 1. The van der Waals surface area contributed by atoms with Gasteiger partial charge in [0.1, 0.15) is 22.9 Å². The minimum absolute atomic E-state index is 0.0717. The number of rotatable bonds is 3. The number of nitrogen functional groups attached to an aromatic ring is 1. The molecule has 4 nitrogen and oxygen atoms in total. The van der Waals surface area contributed by atoms with Gasteiger partial charge in [-0.05, 0) is 30.3 Å². The molecule has 2 aromatic carbocycles. The molecule has 104 valence electrons. The van der Waals surface area contributed by atoms with E-state index in [9.17, 15) is 9.18 Å². The summed E-state index contributed by atoms with van der Waals surface area (Å²) in [6.07, 6.45) is 0. The Morgan fingerprint density at radius 3 is 2.65 bits per heavy atom. The fourth-order valence-electron chi connectivity index (χ4n) is 1.57. The zero-order chi connectivity index (χ0) is 14.7. The summed E-state index contributed by atoms with van der Waals surface area (Å²) in [4.78, 5) is 11.7. The molecule has 0 aromatic heterocycles. The molecule has 0 spiro atoms. The van der Waals surface area contributed by atoms with Crippen LogP contribution in [0.15, 0.2) is 36.4 Å². The van der Waals surface area contributed by atoms with Crippen LogP contribution >= 0.6 is 11.6 Å². The van der Waals surface area contributed by atoms with Crippen molar-refractivity contribution in [2.45, 2.75) is 0 Å². The number of carbonyl (C=O) groups is 1. The Bertz CT molecular complexity index is 661. The number of halogens is 2. The maximum absolute atomic E-state index is 13.1. The van der Waals surface area contributed by atoms with Crippen molar-refractivity contribution in [1.82, 2.24) is 0 Å². The van der Waals surface area contributed by atoms with Crippen LogP contribution < -0.4 is 10.5 Å². The van der Waals surface area contributed by atoms with Crippen LogP contribution in [0.1, 0.15) is 10.4 Å². The molecule has 0 aliphatic carbocycles. The summed E-state index contributed by atoms with van der Waals surface area (Å²) in [6, 6.07) is 8.43. The van der Waals surface area contributed by atoms with Crippen molar-refractivity contribution in [3.8, 4) is 11.5 Å². The Labute approximate surface area is 119 Å². The lowest BCUT2D eigenvalue weighted by Crippen LogP contribution is -2.04. The van der Waals surface area contributed by atoms with Crippen LogP contribution in [0.4, 0.5) is 10.1 Å². The molecule has 0 amide bonds. The first-order chi connectivity index (χ1) is 9.51. The molecule has 0 atom stereocenters. The van der Waals surface area contributed by atoms with Gasteiger partial charge in [-0.3, -0.25) is 0 Å². The van der Waals surface area contributed by atoms with Crippen LogP contribution in [-0.4, -0.2) is 13.1 Å². The third-order valence-electron chi connectivity index (χ3n) is 2.53. The Morgan fingerprint density at radius 2 is 2.00 bits per heavy atom. The van der Waals surface area contributed by atoms with Crippen molar-refractivity contribution in [2.75, 3.05) is 12.8 Å². The van der Waals surface area contributed by atoms with Gasteiger partial charge >= 0.3 is 5.97 Å². The number of anilines is 1. The quantitative estimate of drug-likeness (QED) is 0.693. The highest BCUT2D eigenvalue weighted by atomic mass is 35.5. The Balaban J connectivity index is 2.37. The van der Waals surface area contributed by atoms with Crippen molar-refractivity contribution in [2.24, 2.45) is 0 Å². The van der Waals surface area contributed by atoms with Crippen LogP contribution in [0, 0.1) is 5.82 Å². The molecule has 0 bridgehead atoms. The van der Waals surface area contributed by atoms with E-state index in [1.165, 1.54) is 37.4 Å². The van der Waals surface area contributed by atoms with Gasteiger partial charge in [-0.1, -0.05) is 11.6 Å². The molecule has 0 unspecified atom stereocenters. The first-order valence-corrected chi connectivity index (χ1v) is 6.00. The Morgan fingerprint density at radius 1 is 1.25 bits per heavy atom. The van der Waals surface area contributed by atoms with Gasteiger partial charge < -0.3 is 15.2 Å². The summed E-state index contributed by atoms with van der Waals surface area (Å²) in [5.41, 5.74) is 6.20. The van der Waals surface area contributed by atoms with Crippen molar-refractivity contribution in [3.05, 3.63) is 52.8 Å². The standard InChI is InChI=1S/C14H11ClFNO3/c1-19-14(18)10-6-8(17)2-5-13(10)20-9-3-4-12(16)11(15)7-9/h2-7H,17H2,1H3. The summed E-state index contributed by atoms with van der Waals surface area (Å²) in [6.45, 7) is 0. The Hall–Kier alpha value is -2.27. The van der Waals surface area contributed by atoms with E-state index in [-0.39, 0.29) is 16.3 Å². The molecule has 0 saturated heterocycles. The molecule has 20 heavy (non-hydrogen) atoms. The van der Waals surface area contributed by atoms with Crippen LogP contribution in [0.5, 0.6) is 11.5 Å². The molecule has 0 fully saturated rings. The topological polar surface area (TPSA) is 61.5 Å². The molecule has 0 saturated carbocycles. The second kappa shape index (κ2) is 5.79. The number of esters is 1. The molecule has 2 N–H and O–H groups in total. The second-order valence-corrected chi connectivity index (χ2v) is 4.33. The van der Waals surface area contributed by atoms with Crippen molar-refractivity contribution in [1.29, 1.82) is 0 Å². The Kier molecular flexibility index (Phi) is 4.10. The lowest BCUT2D eigenvalue weighted by atomic mass is 10.2. The van der Waals surface area contributed by atoms with Gasteiger partial charge in [-0.2, -0.15) is 0 Å². The largest absolute Gasteiger partial charge is 0.465 e. The number of nitrogens with two attached hydrogens (primary N) is 1. The summed E-state index contributed by atoms with van der Waals surface area (Å²) < 4.78 is 23.2. The lowest BCUT2D eigenvalue weighted by Gasteiger charge is -2.11. The zero-order valence-electron chi connectivity index (χ0n) is 10.5. The SMILES string of the molecule is COC(=O)c1cc(N)ccc1Oc1ccc(F)c(Cl)c1. The molecule has 0 radical (unpaired) electrons. The molecular formula is C14H11ClFNO3. The van der Waals surface area contributed by atoms with Crippen LogP contribution in [0.3, 0.4) is 0 Å². The van der Waals surface area contributed by atoms with E-state index in [4.69, 9.17) is 22.1 Å². The van der Waals surface area contributed by atoms with Crippen LogP contribution in [0.2, 0.25) is 5.02 Å². The molecule has 6 heteroatoms. The fourth-order valence-corrected chi connectivity index (χ4v) is 1.74. The van der Waals surface area contributed by atoms with E-state index in [1.807, 2.05) is 0 Å². The molecule has 0 aliphatic rings. The van der Waals surface area contributed by atoms with Gasteiger partial charge in [0, 0.05) is 11.8 Å². The molecule has 2 aromatic rings. The first-order valence-electron chi connectivity index (χ1n) is 5.62. The van der Waals surface area contributed by atoms with Crippen molar-refractivity contribution >= 4 is 23.3 Å². The maximum Gasteiger partial charge on any atom is 0.341 e. The number of ether oxygens (including phenoxy) is 2. The molecule has 0 heterocycles. The van der Waals surface area contributed by atoms with E-state index in [0.717, 1.165) is 0 Å². The fraction of sp³-hybridized carbons (Fsp3) is 0.0714. The third kappa shape index (κ3) is 3.00. The summed E-state index contributed by atoms with van der Waals surface area (Å²) in [5, 5.41) is -0.0717.